The van der Waals surface area contributed by atoms with Gasteiger partial charge in [-0.3, -0.25) is 0 Å². The molecule has 0 spiro atoms. The van der Waals surface area contributed by atoms with E-state index in [9.17, 15) is 0 Å². The van der Waals surface area contributed by atoms with Crippen LogP contribution in [-0.4, -0.2) is 18.8 Å². The van der Waals surface area contributed by atoms with Crippen LogP contribution in [0, 0.1) is 5.41 Å². The summed E-state index contributed by atoms with van der Waals surface area (Å²) in [4.78, 5) is 0. The van der Waals surface area contributed by atoms with E-state index in [0.717, 1.165) is 26.0 Å². The predicted molar refractivity (Wildman–Crippen MR) is 57.8 cm³/mol. The summed E-state index contributed by atoms with van der Waals surface area (Å²) in [5.74, 6) is 0. The molecule has 0 rings (SSSR count). The summed E-state index contributed by atoms with van der Waals surface area (Å²) in [5.41, 5.74) is 5.89. The third kappa shape index (κ3) is 8.26. The van der Waals surface area contributed by atoms with Crippen molar-refractivity contribution in [3.05, 3.63) is 0 Å². The molecule has 0 atom stereocenters. The molecule has 0 aromatic carbocycles. The molecule has 0 aliphatic heterocycles. The fourth-order valence-corrected chi connectivity index (χ4v) is 1.03. The third-order valence-corrected chi connectivity index (χ3v) is 2.09. The van der Waals surface area contributed by atoms with Gasteiger partial charge in [0.25, 0.3) is 0 Å². The second-order valence-electron chi connectivity index (χ2n) is 5.43. The van der Waals surface area contributed by atoms with E-state index in [1.165, 1.54) is 0 Å². The van der Waals surface area contributed by atoms with Gasteiger partial charge in [-0.05, 0) is 45.6 Å². The van der Waals surface area contributed by atoms with Gasteiger partial charge in [0.15, 0.2) is 0 Å². The molecule has 0 aliphatic rings. The minimum atomic E-state index is -0.00709. The lowest BCUT2D eigenvalue weighted by Crippen LogP contribution is -2.25. The third-order valence-electron chi connectivity index (χ3n) is 2.09. The summed E-state index contributed by atoms with van der Waals surface area (Å²) in [6.07, 6.45) is 2.24. The average Bonchev–Trinajstić information content (AvgIpc) is 1.97. The molecular weight excluding hydrogens is 162 g/mol. The van der Waals surface area contributed by atoms with Crippen molar-refractivity contribution in [3.8, 4) is 0 Å². The molecule has 0 aromatic heterocycles. The molecule has 0 aromatic rings. The van der Waals surface area contributed by atoms with Gasteiger partial charge in [-0.2, -0.15) is 0 Å². The van der Waals surface area contributed by atoms with Gasteiger partial charge in [0.1, 0.15) is 0 Å². The minimum Gasteiger partial charge on any atom is -0.376 e. The highest BCUT2D eigenvalue weighted by molar-refractivity contribution is 4.69. The second kappa shape index (κ2) is 4.97. The molecule has 0 saturated carbocycles. The van der Waals surface area contributed by atoms with E-state index in [1.54, 1.807) is 0 Å². The Bertz CT molecular complexity index is 136. The van der Waals surface area contributed by atoms with Crippen LogP contribution < -0.4 is 5.73 Å². The Kier molecular flexibility index (Phi) is 4.93. The Morgan fingerprint density at radius 1 is 1.08 bits per heavy atom. The van der Waals surface area contributed by atoms with Crippen molar-refractivity contribution in [3.63, 3.8) is 0 Å². The smallest absolute Gasteiger partial charge is 0.0598 e. The number of rotatable bonds is 5. The molecular formula is C11H25NO. The molecule has 0 fully saturated rings. The van der Waals surface area contributed by atoms with E-state index in [0.29, 0.717) is 0 Å². The van der Waals surface area contributed by atoms with E-state index in [-0.39, 0.29) is 11.0 Å². The first kappa shape index (κ1) is 12.9. The largest absolute Gasteiger partial charge is 0.376 e. The molecule has 0 aliphatic carbocycles. The normalized spacial score (nSPS) is 13.4. The number of nitrogens with two attached hydrogens (primary N) is 1. The monoisotopic (exact) mass is 187 g/mol. The Morgan fingerprint density at radius 3 is 2.00 bits per heavy atom. The highest BCUT2D eigenvalue weighted by Crippen LogP contribution is 2.20. The van der Waals surface area contributed by atoms with Gasteiger partial charge >= 0.3 is 0 Å². The van der Waals surface area contributed by atoms with Gasteiger partial charge in [-0.25, -0.2) is 0 Å². The van der Waals surface area contributed by atoms with Gasteiger partial charge in [0, 0.05) is 6.61 Å². The van der Waals surface area contributed by atoms with E-state index in [4.69, 9.17) is 10.5 Å². The molecule has 0 heterocycles. The average molecular weight is 187 g/mol. The van der Waals surface area contributed by atoms with Crippen LogP contribution in [-0.2, 0) is 4.74 Å². The zero-order chi connectivity index (χ0) is 10.5. The van der Waals surface area contributed by atoms with Crippen LogP contribution in [0.3, 0.4) is 0 Å². The van der Waals surface area contributed by atoms with Gasteiger partial charge in [0.2, 0.25) is 0 Å². The summed E-state index contributed by atoms with van der Waals surface area (Å²) < 4.78 is 5.63. The van der Waals surface area contributed by atoms with Crippen LogP contribution in [0.5, 0.6) is 0 Å². The summed E-state index contributed by atoms with van der Waals surface area (Å²) in [5, 5.41) is 0. The van der Waals surface area contributed by atoms with E-state index in [2.05, 4.69) is 34.6 Å². The summed E-state index contributed by atoms with van der Waals surface area (Å²) >= 11 is 0. The van der Waals surface area contributed by atoms with Gasteiger partial charge in [-0.1, -0.05) is 13.8 Å². The Hall–Kier alpha value is -0.0800. The summed E-state index contributed by atoms with van der Waals surface area (Å²) in [6, 6.07) is 0. The van der Waals surface area contributed by atoms with Gasteiger partial charge in [-0.15, -0.1) is 0 Å². The lowest BCUT2D eigenvalue weighted by atomic mass is 9.88. The first-order valence-corrected chi connectivity index (χ1v) is 5.11. The lowest BCUT2D eigenvalue weighted by molar-refractivity contribution is -0.00740. The van der Waals surface area contributed by atoms with Crippen molar-refractivity contribution in [2.45, 2.75) is 53.1 Å². The fraction of sp³-hybridized carbons (Fsp3) is 1.00. The van der Waals surface area contributed by atoms with Crippen molar-refractivity contribution in [1.82, 2.24) is 0 Å². The molecule has 0 unspecified atom stereocenters. The summed E-state index contributed by atoms with van der Waals surface area (Å²) in [6.45, 7) is 12.2. The molecule has 80 valence electrons. The Morgan fingerprint density at radius 2 is 1.62 bits per heavy atom. The maximum Gasteiger partial charge on any atom is 0.0598 e. The molecule has 0 saturated heterocycles. The number of hydrogen-bond acceptors (Lipinski definition) is 2. The molecule has 2 N–H and O–H groups in total. The van der Waals surface area contributed by atoms with Gasteiger partial charge in [0.05, 0.1) is 5.60 Å². The minimum absolute atomic E-state index is 0.00709. The van der Waals surface area contributed by atoms with Crippen LogP contribution in [0.15, 0.2) is 0 Å². The zero-order valence-corrected chi connectivity index (χ0v) is 9.81. The number of ether oxygens (including phenoxy) is 1. The van der Waals surface area contributed by atoms with Crippen molar-refractivity contribution in [2.24, 2.45) is 11.1 Å². The topological polar surface area (TPSA) is 35.2 Å². The highest BCUT2D eigenvalue weighted by atomic mass is 16.5. The molecule has 0 bridgehead atoms. The van der Waals surface area contributed by atoms with Crippen molar-refractivity contribution >= 4 is 0 Å². The quantitative estimate of drug-likeness (QED) is 0.671. The Labute approximate surface area is 82.8 Å². The fourth-order valence-electron chi connectivity index (χ4n) is 1.03. The van der Waals surface area contributed by atoms with Crippen molar-refractivity contribution < 1.29 is 4.74 Å². The summed E-state index contributed by atoms with van der Waals surface area (Å²) in [7, 11) is 0. The zero-order valence-electron chi connectivity index (χ0n) is 9.81. The van der Waals surface area contributed by atoms with E-state index < -0.39 is 0 Å². The molecule has 2 heteroatoms. The van der Waals surface area contributed by atoms with Crippen molar-refractivity contribution in [1.29, 1.82) is 0 Å². The molecule has 0 amide bonds. The number of hydrogen-bond donors (Lipinski definition) is 1. The van der Waals surface area contributed by atoms with Crippen LogP contribution in [0.1, 0.15) is 47.5 Å². The second-order valence-corrected chi connectivity index (χ2v) is 5.43. The van der Waals surface area contributed by atoms with Crippen LogP contribution in [0.2, 0.25) is 0 Å². The van der Waals surface area contributed by atoms with Crippen LogP contribution in [0.4, 0.5) is 0 Å². The van der Waals surface area contributed by atoms with Crippen LogP contribution >= 0.6 is 0 Å². The molecule has 0 radical (unpaired) electrons. The predicted octanol–water partition coefficient (Wildman–Crippen LogP) is 2.57. The van der Waals surface area contributed by atoms with E-state index in [1.807, 2.05) is 0 Å². The maximum absolute atomic E-state index is 5.63. The first-order chi connectivity index (χ1) is 5.77. The molecule has 2 nitrogen and oxygen atoms in total. The van der Waals surface area contributed by atoms with Crippen LogP contribution in [0.25, 0.3) is 0 Å². The highest BCUT2D eigenvalue weighted by Gasteiger charge is 2.15. The van der Waals surface area contributed by atoms with E-state index >= 15 is 0 Å². The Balaban J connectivity index is 3.47. The first-order valence-electron chi connectivity index (χ1n) is 5.11. The maximum atomic E-state index is 5.63. The standard InChI is InChI=1S/C11H25NO/c1-10(2,3)13-8-6-7-11(4,5)9-12/h6-9,12H2,1-5H3. The lowest BCUT2D eigenvalue weighted by Gasteiger charge is -2.24. The molecule has 13 heavy (non-hydrogen) atoms. The SMILES string of the molecule is CC(C)(CN)CCCOC(C)(C)C. The van der Waals surface area contributed by atoms with Gasteiger partial charge < -0.3 is 10.5 Å². The van der Waals surface area contributed by atoms with Crippen molar-refractivity contribution in [2.75, 3.05) is 13.2 Å².